The van der Waals surface area contributed by atoms with E-state index in [1.54, 1.807) is 23.1 Å². The van der Waals surface area contributed by atoms with Gasteiger partial charge in [0.05, 0.1) is 29.2 Å². The Balaban J connectivity index is 1.42. The second kappa shape index (κ2) is 9.68. The number of carbonyl (C=O) groups excluding carboxylic acids is 1. The van der Waals surface area contributed by atoms with Gasteiger partial charge in [-0.1, -0.05) is 41.0 Å². The van der Waals surface area contributed by atoms with E-state index in [-0.39, 0.29) is 5.91 Å². The Kier molecular flexibility index (Phi) is 6.75. The van der Waals surface area contributed by atoms with E-state index in [9.17, 15) is 4.79 Å². The van der Waals surface area contributed by atoms with Crippen molar-refractivity contribution in [1.29, 1.82) is 0 Å². The Morgan fingerprint density at radius 3 is 2.68 bits per heavy atom. The molecule has 0 atom stereocenters. The molecular weight excluding hydrogens is 450 g/mol. The molecule has 0 aliphatic heterocycles. The summed E-state index contributed by atoms with van der Waals surface area (Å²) in [6, 6.07) is 17.1. The largest absolute Gasteiger partial charge is 0.360 e. The number of nitrogens with zero attached hydrogens (tertiary/aromatic N) is 2. The number of amides is 1. The molecule has 0 spiro atoms. The molecule has 0 radical (unpaired) electrons. The van der Waals surface area contributed by atoms with Crippen LogP contribution >= 0.6 is 34.7 Å². The lowest BCUT2D eigenvalue weighted by Crippen LogP contribution is -2.23. The van der Waals surface area contributed by atoms with Crippen LogP contribution in [0.4, 0.5) is 0 Å². The molecular formula is C23H20ClN3O2S2. The van der Waals surface area contributed by atoms with Crippen LogP contribution in [0.1, 0.15) is 31.7 Å². The van der Waals surface area contributed by atoms with E-state index in [0.717, 1.165) is 37.5 Å². The Morgan fingerprint density at radius 1 is 1.16 bits per heavy atom. The van der Waals surface area contributed by atoms with Crippen LogP contribution in [0.2, 0.25) is 5.02 Å². The van der Waals surface area contributed by atoms with Crippen LogP contribution in [0.5, 0.6) is 0 Å². The number of hydrogen-bond acceptors (Lipinski definition) is 6. The third kappa shape index (κ3) is 5.36. The van der Waals surface area contributed by atoms with Gasteiger partial charge in [-0.2, -0.15) is 0 Å². The summed E-state index contributed by atoms with van der Waals surface area (Å²) in [6.45, 7) is 4.29. The summed E-state index contributed by atoms with van der Waals surface area (Å²) in [6.07, 6.45) is 0. The van der Waals surface area contributed by atoms with E-state index in [0.29, 0.717) is 22.9 Å². The quantitative estimate of drug-likeness (QED) is 0.322. The number of carbonyl (C=O) groups is 1. The molecule has 4 rings (SSSR count). The van der Waals surface area contributed by atoms with Gasteiger partial charge in [-0.15, -0.1) is 23.1 Å². The fourth-order valence-electron chi connectivity index (χ4n) is 3.07. The van der Waals surface area contributed by atoms with Gasteiger partial charge in [0.25, 0.3) is 5.91 Å². The number of aryl methyl sites for hydroxylation is 2. The molecule has 0 saturated carbocycles. The molecule has 0 fully saturated rings. The molecule has 0 aliphatic carbocycles. The van der Waals surface area contributed by atoms with Gasteiger partial charge < -0.3 is 9.84 Å². The Hall–Kier alpha value is -2.61. The van der Waals surface area contributed by atoms with Gasteiger partial charge in [-0.05, 0) is 38.1 Å². The van der Waals surface area contributed by atoms with Gasteiger partial charge in [0, 0.05) is 26.4 Å². The van der Waals surface area contributed by atoms with Crippen molar-refractivity contribution in [3.8, 4) is 11.3 Å². The van der Waals surface area contributed by atoms with Crippen molar-refractivity contribution < 1.29 is 9.32 Å². The summed E-state index contributed by atoms with van der Waals surface area (Å²) in [5.41, 5.74) is 3.41. The average molecular weight is 470 g/mol. The SMILES string of the molecule is Cc1cc(CSc2ccccc2C(=O)NCc2nc(-c3ccc(Cl)cc3)c(C)s2)on1. The predicted octanol–water partition coefficient (Wildman–Crippen LogP) is 6.29. The lowest BCUT2D eigenvalue weighted by atomic mass is 10.1. The summed E-state index contributed by atoms with van der Waals surface area (Å²) in [4.78, 5) is 19.6. The summed E-state index contributed by atoms with van der Waals surface area (Å²) < 4.78 is 5.26. The first-order valence-corrected chi connectivity index (χ1v) is 11.8. The molecule has 0 bridgehead atoms. The van der Waals surface area contributed by atoms with Gasteiger partial charge in [-0.25, -0.2) is 4.98 Å². The lowest BCUT2D eigenvalue weighted by Gasteiger charge is -2.08. The van der Waals surface area contributed by atoms with Crippen LogP contribution in [0.15, 0.2) is 64.0 Å². The first-order valence-electron chi connectivity index (χ1n) is 9.64. The first-order chi connectivity index (χ1) is 15.0. The number of benzene rings is 2. The predicted molar refractivity (Wildman–Crippen MR) is 126 cm³/mol. The summed E-state index contributed by atoms with van der Waals surface area (Å²) >= 11 is 9.11. The number of hydrogen-bond donors (Lipinski definition) is 1. The molecule has 5 nitrogen and oxygen atoms in total. The standard InChI is InChI=1S/C23H20ClN3O2S2/c1-14-11-18(29-27-14)13-30-20-6-4-3-5-19(20)23(28)25-12-21-26-22(15(2)31-21)16-7-9-17(24)10-8-16/h3-11H,12-13H2,1-2H3,(H,25,28). The Labute approximate surface area is 193 Å². The van der Waals surface area contributed by atoms with Crippen molar-refractivity contribution in [2.75, 3.05) is 0 Å². The van der Waals surface area contributed by atoms with Crippen LogP contribution < -0.4 is 5.32 Å². The van der Waals surface area contributed by atoms with E-state index in [1.807, 2.05) is 68.4 Å². The van der Waals surface area contributed by atoms with Crippen molar-refractivity contribution in [1.82, 2.24) is 15.5 Å². The molecule has 158 valence electrons. The molecule has 2 aromatic carbocycles. The van der Waals surface area contributed by atoms with Gasteiger partial charge in [-0.3, -0.25) is 4.79 Å². The Bertz CT molecular complexity index is 1200. The highest BCUT2D eigenvalue weighted by Crippen LogP contribution is 2.29. The maximum absolute atomic E-state index is 12.9. The number of aromatic nitrogens is 2. The molecule has 0 aliphatic rings. The van der Waals surface area contributed by atoms with Crippen molar-refractivity contribution in [3.05, 3.63) is 86.5 Å². The number of thioether (sulfide) groups is 1. The summed E-state index contributed by atoms with van der Waals surface area (Å²) in [5, 5.41) is 8.46. The summed E-state index contributed by atoms with van der Waals surface area (Å²) in [5.74, 6) is 1.27. The maximum atomic E-state index is 12.9. The zero-order chi connectivity index (χ0) is 21.8. The zero-order valence-electron chi connectivity index (χ0n) is 17.0. The molecule has 31 heavy (non-hydrogen) atoms. The Morgan fingerprint density at radius 2 is 1.94 bits per heavy atom. The highest BCUT2D eigenvalue weighted by atomic mass is 35.5. The minimum absolute atomic E-state index is 0.127. The molecule has 8 heteroatoms. The number of halogens is 1. The van der Waals surface area contributed by atoms with Gasteiger partial charge >= 0.3 is 0 Å². The third-order valence-corrected chi connectivity index (χ3v) is 6.86. The third-order valence-electron chi connectivity index (χ3n) is 4.54. The number of thiazole rings is 1. The van der Waals surface area contributed by atoms with Crippen LogP contribution in [0.25, 0.3) is 11.3 Å². The van der Waals surface area contributed by atoms with Gasteiger partial charge in [0.1, 0.15) is 10.8 Å². The molecule has 4 aromatic rings. The van der Waals surface area contributed by atoms with Gasteiger partial charge in [0.15, 0.2) is 0 Å². The van der Waals surface area contributed by atoms with Crippen molar-refractivity contribution in [2.24, 2.45) is 0 Å². The minimum atomic E-state index is -0.127. The van der Waals surface area contributed by atoms with Crippen molar-refractivity contribution in [2.45, 2.75) is 31.0 Å². The second-order valence-corrected chi connectivity index (χ2v) is 9.66. The fraction of sp³-hybridized carbons (Fsp3) is 0.174. The monoisotopic (exact) mass is 469 g/mol. The van der Waals surface area contributed by atoms with Crippen LogP contribution in [-0.4, -0.2) is 16.0 Å². The highest BCUT2D eigenvalue weighted by Gasteiger charge is 2.15. The first kappa shape index (κ1) is 21.6. The normalized spacial score (nSPS) is 10.9. The number of nitrogens with one attached hydrogen (secondary N) is 1. The van der Waals surface area contributed by atoms with Crippen LogP contribution in [0, 0.1) is 13.8 Å². The van der Waals surface area contributed by atoms with Gasteiger partial charge in [0.2, 0.25) is 0 Å². The molecule has 2 aromatic heterocycles. The molecule has 1 N–H and O–H groups in total. The minimum Gasteiger partial charge on any atom is -0.360 e. The fourth-order valence-corrected chi connectivity index (χ4v) is 5.01. The average Bonchev–Trinajstić information content (AvgIpc) is 3.36. The maximum Gasteiger partial charge on any atom is 0.252 e. The van der Waals surface area contributed by atoms with E-state index in [1.165, 1.54) is 0 Å². The summed E-state index contributed by atoms with van der Waals surface area (Å²) in [7, 11) is 0. The van der Waals surface area contributed by atoms with Crippen molar-refractivity contribution in [3.63, 3.8) is 0 Å². The highest BCUT2D eigenvalue weighted by molar-refractivity contribution is 7.98. The topological polar surface area (TPSA) is 68.0 Å². The molecule has 0 saturated heterocycles. The molecule has 0 unspecified atom stereocenters. The van der Waals surface area contributed by atoms with Crippen molar-refractivity contribution >= 4 is 40.6 Å². The van der Waals surface area contributed by atoms with Crippen LogP contribution in [-0.2, 0) is 12.3 Å². The number of rotatable bonds is 7. The van der Waals surface area contributed by atoms with E-state index >= 15 is 0 Å². The van der Waals surface area contributed by atoms with E-state index in [4.69, 9.17) is 21.1 Å². The van der Waals surface area contributed by atoms with E-state index in [2.05, 4.69) is 10.5 Å². The lowest BCUT2D eigenvalue weighted by molar-refractivity contribution is 0.0948. The smallest absolute Gasteiger partial charge is 0.252 e. The molecule has 2 heterocycles. The van der Waals surface area contributed by atoms with Crippen LogP contribution in [0.3, 0.4) is 0 Å². The molecule has 1 amide bonds. The second-order valence-electron chi connectivity index (χ2n) is 6.92. The zero-order valence-corrected chi connectivity index (χ0v) is 19.4. The van der Waals surface area contributed by atoms with E-state index < -0.39 is 0 Å².